The van der Waals surface area contributed by atoms with Crippen molar-refractivity contribution in [1.29, 1.82) is 0 Å². The van der Waals surface area contributed by atoms with Gasteiger partial charge < -0.3 is 25.2 Å². The van der Waals surface area contributed by atoms with Crippen molar-refractivity contribution in [1.82, 2.24) is 4.90 Å². The number of hydrogen-bond donors (Lipinski definition) is 3. The van der Waals surface area contributed by atoms with Crippen LogP contribution in [0.4, 0.5) is 10.5 Å². The molecule has 2 amide bonds. The van der Waals surface area contributed by atoms with Gasteiger partial charge in [-0.15, -0.1) is 0 Å². The van der Waals surface area contributed by atoms with E-state index < -0.39 is 24.1 Å². The summed E-state index contributed by atoms with van der Waals surface area (Å²) in [7, 11) is 1.53. The van der Waals surface area contributed by atoms with E-state index in [9.17, 15) is 14.7 Å². The number of rotatable bonds is 3. The number of β-amino-alcohol motifs (C(OH)–C–C–N with tert-alkyl or cyclic N) is 1. The SMILES string of the molecule is COc1ccc(NC(=O)N2CC(O)CC2C(=O)O)cc1Br. The summed E-state index contributed by atoms with van der Waals surface area (Å²) in [6, 6.07) is 3.40. The van der Waals surface area contributed by atoms with Crippen LogP contribution in [-0.2, 0) is 4.79 Å². The number of likely N-dealkylation sites (tertiary alicyclic amines) is 1. The maximum Gasteiger partial charge on any atom is 0.326 e. The fraction of sp³-hybridized carbons (Fsp3) is 0.385. The summed E-state index contributed by atoms with van der Waals surface area (Å²) >= 11 is 3.30. The lowest BCUT2D eigenvalue weighted by Gasteiger charge is -2.21. The molecule has 3 N–H and O–H groups in total. The Morgan fingerprint density at radius 1 is 1.48 bits per heavy atom. The van der Waals surface area contributed by atoms with Crippen LogP contribution in [0.3, 0.4) is 0 Å². The Kier molecular flexibility index (Phi) is 4.69. The number of aliphatic carboxylic acids is 1. The van der Waals surface area contributed by atoms with Crippen LogP contribution >= 0.6 is 15.9 Å². The fourth-order valence-corrected chi connectivity index (χ4v) is 2.75. The fourth-order valence-electron chi connectivity index (χ4n) is 2.21. The van der Waals surface area contributed by atoms with E-state index in [1.54, 1.807) is 18.2 Å². The average Bonchev–Trinajstić information content (AvgIpc) is 2.81. The van der Waals surface area contributed by atoms with Gasteiger partial charge in [0, 0.05) is 18.7 Å². The first-order valence-corrected chi connectivity index (χ1v) is 7.03. The Balaban J connectivity index is 2.10. The van der Waals surface area contributed by atoms with Gasteiger partial charge in [-0.05, 0) is 34.1 Å². The molecule has 114 valence electrons. The Bertz CT molecular complexity index is 565. The molecule has 7 nitrogen and oxygen atoms in total. The number of methoxy groups -OCH3 is 1. The van der Waals surface area contributed by atoms with E-state index in [2.05, 4.69) is 21.2 Å². The van der Waals surface area contributed by atoms with Crippen molar-refractivity contribution in [2.45, 2.75) is 18.6 Å². The monoisotopic (exact) mass is 358 g/mol. The number of carboxylic acid groups (broad SMARTS) is 1. The Morgan fingerprint density at radius 2 is 2.19 bits per heavy atom. The maximum atomic E-state index is 12.1. The molecule has 1 aromatic carbocycles. The molecular weight excluding hydrogens is 344 g/mol. The molecule has 2 atom stereocenters. The molecule has 21 heavy (non-hydrogen) atoms. The zero-order valence-corrected chi connectivity index (χ0v) is 12.8. The molecule has 0 spiro atoms. The van der Waals surface area contributed by atoms with Crippen molar-refractivity contribution >= 4 is 33.6 Å². The number of amides is 2. The third-order valence-corrected chi connectivity index (χ3v) is 3.85. The molecule has 2 rings (SSSR count). The number of halogens is 1. The number of urea groups is 1. The molecule has 0 bridgehead atoms. The molecule has 8 heteroatoms. The lowest BCUT2D eigenvalue weighted by atomic mass is 10.2. The van der Waals surface area contributed by atoms with Crippen molar-refractivity contribution in [3.05, 3.63) is 22.7 Å². The minimum absolute atomic E-state index is 0.000123. The predicted molar refractivity (Wildman–Crippen MR) is 78.5 cm³/mol. The smallest absolute Gasteiger partial charge is 0.326 e. The molecule has 0 radical (unpaired) electrons. The minimum Gasteiger partial charge on any atom is -0.496 e. The molecular formula is C13H15BrN2O5. The van der Waals surface area contributed by atoms with Crippen LogP contribution in [0.25, 0.3) is 0 Å². The van der Waals surface area contributed by atoms with E-state index in [-0.39, 0.29) is 13.0 Å². The number of carboxylic acids is 1. The Hall–Kier alpha value is -1.80. The largest absolute Gasteiger partial charge is 0.496 e. The van der Waals surface area contributed by atoms with Gasteiger partial charge in [-0.3, -0.25) is 0 Å². The highest BCUT2D eigenvalue weighted by Crippen LogP contribution is 2.28. The molecule has 1 aliphatic rings. The number of carbonyl (C=O) groups is 2. The van der Waals surface area contributed by atoms with Gasteiger partial charge in [-0.25, -0.2) is 9.59 Å². The molecule has 1 heterocycles. The number of anilines is 1. The maximum absolute atomic E-state index is 12.1. The second kappa shape index (κ2) is 6.31. The standard InChI is InChI=1S/C13H15BrN2O5/c1-21-11-3-2-7(4-9(11)14)15-13(20)16-6-8(17)5-10(16)12(18)19/h2-4,8,10,17H,5-6H2,1H3,(H,15,20)(H,18,19). The van der Waals surface area contributed by atoms with E-state index in [1.807, 2.05) is 0 Å². The zero-order valence-electron chi connectivity index (χ0n) is 11.2. The second-order valence-corrected chi connectivity index (χ2v) is 5.53. The van der Waals surface area contributed by atoms with Crippen LogP contribution in [0.1, 0.15) is 6.42 Å². The van der Waals surface area contributed by atoms with E-state index in [1.165, 1.54) is 7.11 Å². The summed E-state index contributed by atoms with van der Waals surface area (Å²) in [5.74, 6) is -0.509. The number of ether oxygens (including phenoxy) is 1. The summed E-state index contributed by atoms with van der Waals surface area (Å²) in [5.41, 5.74) is 0.498. The normalized spacial score (nSPS) is 21.2. The first kappa shape index (κ1) is 15.6. The van der Waals surface area contributed by atoms with E-state index in [0.717, 1.165) is 4.90 Å². The van der Waals surface area contributed by atoms with Crippen molar-refractivity contribution in [2.75, 3.05) is 19.0 Å². The van der Waals surface area contributed by atoms with Crippen molar-refractivity contribution in [3.8, 4) is 5.75 Å². The number of hydrogen-bond acceptors (Lipinski definition) is 4. The molecule has 0 aliphatic carbocycles. The summed E-state index contributed by atoms with van der Waals surface area (Å²) in [5, 5.41) is 21.2. The van der Waals surface area contributed by atoms with Crippen LogP contribution in [0, 0.1) is 0 Å². The summed E-state index contributed by atoms with van der Waals surface area (Å²) in [6.45, 7) is 0.000123. The highest BCUT2D eigenvalue weighted by molar-refractivity contribution is 9.10. The second-order valence-electron chi connectivity index (χ2n) is 4.68. The topological polar surface area (TPSA) is 99.1 Å². The minimum atomic E-state index is -1.13. The van der Waals surface area contributed by atoms with Crippen LogP contribution in [0.15, 0.2) is 22.7 Å². The number of nitrogens with zero attached hydrogens (tertiary/aromatic N) is 1. The molecule has 0 saturated carbocycles. The first-order valence-electron chi connectivity index (χ1n) is 6.24. The first-order chi connectivity index (χ1) is 9.92. The Labute approximate surface area is 129 Å². The number of carbonyl (C=O) groups excluding carboxylic acids is 1. The van der Waals surface area contributed by atoms with Gasteiger partial charge in [0.15, 0.2) is 0 Å². The number of benzene rings is 1. The molecule has 1 aliphatic heterocycles. The van der Waals surface area contributed by atoms with Gasteiger partial charge in [-0.1, -0.05) is 0 Å². The van der Waals surface area contributed by atoms with E-state index >= 15 is 0 Å². The van der Waals surface area contributed by atoms with Crippen molar-refractivity contribution < 1.29 is 24.5 Å². The van der Waals surface area contributed by atoms with Crippen molar-refractivity contribution in [2.24, 2.45) is 0 Å². The molecule has 1 aromatic rings. The lowest BCUT2D eigenvalue weighted by Crippen LogP contribution is -2.43. The van der Waals surface area contributed by atoms with E-state index in [4.69, 9.17) is 9.84 Å². The molecule has 1 fully saturated rings. The molecule has 0 aromatic heterocycles. The highest BCUT2D eigenvalue weighted by Gasteiger charge is 2.39. The molecule has 1 saturated heterocycles. The molecule has 2 unspecified atom stereocenters. The van der Waals surface area contributed by atoms with Gasteiger partial charge in [0.05, 0.1) is 17.7 Å². The lowest BCUT2D eigenvalue weighted by molar-refractivity contribution is -0.141. The predicted octanol–water partition coefficient (Wildman–Crippen LogP) is 1.51. The van der Waals surface area contributed by atoms with Gasteiger partial charge in [0.25, 0.3) is 0 Å². The van der Waals surface area contributed by atoms with Crippen LogP contribution in [-0.4, -0.2) is 52.9 Å². The third kappa shape index (κ3) is 3.45. The van der Waals surface area contributed by atoms with Crippen molar-refractivity contribution in [3.63, 3.8) is 0 Å². The highest BCUT2D eigenvalue weighted by atomic mass is 79.9. The van der Waals surface area contributed by atoms with Crippen LogP contribution < -0.4 is 10.1 Å². The quantitative estimate of drug-likeness (QED) is 0.760. The van der Waals surface area contributed by atoms with E-state index in [0.29, 0.717) is 15.9 Å². The third-order valence-electron chi connectivity index (χ3n) is 3.23. The summed E-state index contributed by atoms with van der Waals surface area (Å²) < 4.78 is 5.75. The summed E-state index contributed by atoms with van der Waals surface area (Å²) in [4.78, 5) is 24.3. The average molecular weight is 359 g/mol. The Morgan fingerprint density at radius 3 is 2.76 bits per heavy atom. The summed E-state index contributed by atoms with van der Waals surface area (Å²) in [6.07, 6.45) is -0.783. The van der Waals surface area contributed by atoms with Gasteiger partial charge in [0.2, 0.25) is 0 Å². The van der Waals surface area contributed by atoms with Crippen LogP contribution in [0.5, 0.6) is 5.75 Å². The number of aliphatic hydroxyl groups is 1. The van der Waals surface area contributed by atoms with Gasteiger partial charge in [-0.2, -0.15) is 0 Å². The van der Waals surface area contributed by atoms with Gasteiger partial charge in [0.1, 0.15) is 11.8 Å². The number of nitrogens with one attached hydrogen (secondary N) is 1. The van der Waals surface area contributed by atoms with Gasteiger partial charge >= 0.3 is 12.0 Å². The number of aliphatic hydroxyl groups excluding tert-OH is 1. The zero-order chi connectivity index (χ0) is 15.6. The van der Waals surface area contributed by atoms with Crippen LogP contribution in [0.2, 0.25) is 0 Å².